The van der Waals surface area contributed by atoms with Crippen LogP contribution in [0.25, 0.3) is 0 Å². The molecule has 152 valence electrons. The standard InChI is InChI=1S/C22H27FN6/c1-2-20(22-24-25-26-29(22)13-12-18-8-4-3-5-9-18)27-14-16-28(17-15-27)21-11-7-6-10-19(21)23/h3-11,20H,2,12-17H2,1H3/p+1/t20-/m1/s1. The van der Waals surface area contributed by atoms with Gasteiger partial charge in [0, 0.05) is 13.0 Å². The Morgan fingerprint density at radius 2 is 1.76 bits per heavy atom. The Labute approximate surface area is 170 Å². The monoisotopic (exact) mass is 395 g/mol. The number of anilines is 1. The highest BCUT2D eigenvalue weighted by Gasteiger charge is 2.31. The van der Waals surface area contributed by atoms with E-state index in [2.05, 4.69) is 51.6 Å². The van der Waals surface area contributed by atoms with Crippen molar-refractivity contribution in [2.24, 2.45) is 0 Å². The molecule has 0 radical (unpaired) electrons. The summed E-state index contributed by atoms with van der Waals surface area (Å²) >= 11 is 0. The van der Waals surface area contributed by atoms with Crippen molar-refractivity contribution in [2.45, 2.75) is 32.4 Å². The molecule has 1 aliphatic heterocycles. The van der Waals surface area contributed by atoms with Crippen molar-refractivity contribution in [3.05, 3.63) is 71.8 Å². The van der Waals surface area contributed by atoms with Gasteiger partial charge in [-0.2, -0.15) is 0 Å². The summed E-state index contributed by atoms with van der Waals surface area (Å²) in [7, 11) is 0. The van der Waals surface area contributed by atoms with E-state index in [4.69, 9.17) is 0 Å². The summed E-state index contributed by atoms with van der Waals surface area (Å²) < 4.78 is 16.1. The first kappa shape index (κ1) is 19.5. The van der Waals surface area contributed by atoms with Gasteiger partial charge in [0.25, 0.3) is 0 Å². The molecule has 0 bridgehead atoms. The SMILES string of the molecule is CC[C@H](c1nnnn1CCc1ccccc1)[NH+]1CCN(c2ccccc2F)CC1. The van der Waals surface area contributed by atoms with E-state index in [0.717, 1.165) is 51.4 Å². The maximum Gasteiger partial charge on any atom is 0.209 e. The van der Waals surface area contributed by atoms with E-state index in [-0.39, 0.29) is 11.9 Å². The predicted octanol–water partition coefficient (Wildman–Crippen LogP) is 1.91. The van der Waals surface area contributed by atoms with Gasteiger partial charge in [-0.3, -0.25) is 0 Å². The number of halogens is 1. The van der Waals surface area contributed by atoms with Gasteiger partial charge < -0.3 is 9.80 Å². The summed E-state index contributed by atoms with van der Waals surface area (Å²) in [5.41, 5.74) is 1.99. The lowest BCUT2D eigenvalue weighted by Gasteiger charge is -2.37. The topological polar surface area (TPSA) is 51.3 Å². The minimum absolute atomic E-state index is 0.146. The third-order valence-corrected chi connectivity index (χ3v) is 5.83. The van der Waals surface area contributed by atoms with E-state index in [1.54, 1.807) is 6.07 Å². The molecule has 1 N–H and O–H groups in total. The second-order valence-corrected chi connectivity index (χ2v) is 7.55. The number of benzene rings is 2. The Balaban J connectivity index is 1.41. The fraction of sp³-hybridized carbons (Fsp3) is 0.409. The zero-order valence-corrected chi connectivity index (χ0v) is 16.8. The van der Waals surface area contributed by atoms with Crippen molar-refractivity contribution in [3.8, 4) is 0 Å². The van der Waals surface area contributed by atoms with Gasteiger partial charge >= 0.3 is 0 Å². The summed E-state index contributed by atoms with van der Waals surface area (Å²) in [4.78, 5) is 3.61. The first-order chi connectivity index (χ1) is 14.3. The molecule has 1 aliphatic rings. The number of aryl methyl sites for hydroxylation is 2. The lowest BCUT2D eigenvalue weighted by molar-refractivity contribution is -0.933. The van der Waals surface area contributed by atoms with Crippen molar-refractivity contribution in [1.82, 2.24) is 20.2 Å². The van der Waals surface area contributed by atoms with Gasteiger partial charge in [-0.15, -0.1) is 5.10 Å². The van der Waals surface area contributed by atoms with E-state index in [1.165, 1.54) is 16.5 Å². The molecule has 7 heteroatoms. The zero-order valence-electron chi connectivity index (χ0n) is 16.8. The van der Waals surface area contributed by atoms with Crippen LogP contribution < -0.4 is 9.80 Å². The Morgan fingerprint density at radius 3 is 2.48 bits per heavy atom. The molecule has 0 spiro atoms. The molecule has 2 heterocycles. The molecule has 2 aromatic carbocycles. The number of para-hydroxylation sites is 1. The highest BCUT2D eigenvalue weighted by atomic mass is 19.1. The number of piperazine rings is 1. The van der Waals surface area contributed by atoms with Gasteiger partial charge in [0.15, 0.2) is 0 Å². The number of nitrogens with one attached hydrogen (secondary N) is 1. The van der Waals surface area contributed by atoms with E-state index >= 15 is 0 Å². The van der Waals surface area contributed by atoms with Crippen molar-refractivity contribution >= 4 is 5.69 Å². The number of nitrogens with zero attached hydrogens (tertiary/aromatic N) is 5. The summed E-state index contributed by atoms with van der Waals surface area (Å²) in [6.07, 6.45) is 1.88. The molecule has 0 amide bonds. The maximum atomic E-state index is 14.1. The van der Waals surface area contributed by atoms with Gasteiger partial charge in [-0.1, -0.05) is 49.4 Å². The third kappa shape index (κ3) is 4.45. The van der Waals surface area contributed by atoms with Crippen molar-refractivity contribution in [2.75, 3.05) is 31.1 Å². The van der Waals surface area contributed by atoms with Crippen molar-refractivity contribution < 1.29 is 9.29 Å². The number of quaternary nitrogens is 1. The smallest absolute Gasteiger partial charge is 0.209 e. The second-order valence-electron chi connectivity index (χ2n) is 7.55. The van der Waals surface area contributed by atoms with Gasteiger partial charge in [-0.05, 0) is 34.5 Å². The molecule has 1 saturated heterocycles. The van der Waals surface area contributed by atoms with Crippen LogP contribution in [0.3, 0.4) is 0 Å². The fourth-order valence-electron chi connectivity index (χ4n) is 4.25. The summed E-state index contributed by atoms with van der Waals surface area (Å²) in [5, 5.41) is 12.6. The number of hydrogen-bond donors (Lipinski definition) is 1. The largest absolute Gasteiger partial charge is 0.358 e. The quantitative estimate of drug-likeness (QED) is 0.664. The molecule has 1 atom stereocenters. The van der Waals surface area contributed by atoms with Crippen LogP contribution in [0.4, 0.5) is 10.1 Å². The van der Waals surface area contributed by atoms with Gasteiger partial charge in [-0.25, -0.2) is 9.07 Å². The minimum Gasteiger partial charge on any atom is -0.358 e. The first-order valence-electron chi connectivity index (χ1n) is 10.4. The predicted molar refractivity (Wildman–Crippen MR) is 110 cm³/mol. The molecular formula is C22H28FN6+. The van der Waals surface area contributed by atoms with E-state index in [0.29, 0.717) is 5.69 Å². The molecule has 29 heavy (non-hydrogen) atoms. The van der Waals surface area contributed by atoms with Gasteiger partial charge in [0.2, 0.25) is 5.82 Å². The Kier molecular flexibility index (Phi) is 6.14. The number of hydrogen-bond acceptors (Lipinski definition) is 4. The third-order valence-electron chi connectivity index (χ3n) is 5.83. The Morgan fingerprint density at radius 1 is 1.03 bits per heavy atom. The Bertz CT molecular complexity index is 904. The van der Waals surface area contributed by atoms with Crippen LogP contribution in [0.15, 0.2) is 54.6 Å². The van der Waals surface area contributed by atoms with E-state index in [9.17, 15) is 4.39 Å². The van der Waals surface area contributed by atoms with Crippen LogP contribution in [0.5, 0.6) is 0 Å². The van der Waals surface area contributed by atoms with Crippen molar-refractivity contribution in [1.29, 1.82) is 0 Å². The molecule has 1 aromatic heterocycles. The lowest BCUT2D eigenvalue weighted by atomic mass is 10.1. The number of aromatic nitrogens is 4. The summed E-state index contributed by atoms with van der Waals surface area (Å²) in [6.45, 7) is 6.52. The van der Waals surface area contributed by atoms with Crippen LogP contribution in [0, 0.1) is 5.82 Å². The maximum absolute atomic E-state index is 14.1. The molecule has 0 unspecified atom stereocenters. The van der Waals surface area contributed by atoms with Crippen LogP contribution in [-0.4, -0.2) is 46.4 Å². The fourth-order valence-corrected chi connectivity index (χ4v) is 4.25. The van der Waals surface area contributed by atoms with E-state index < -0.39 is 0 Å². The zero-order chi connectivity index (χ0) is 20.1. The molecule has 3 aromatic rings. The Hall–Kier alpha value is -2.80. The summed E-state index contributed by atoms with van der Waals surface area (Å²) in [6, 6.07) is 17.7. The van der Waals surface area contributed by atoms with Crippen LogP contribution in [0.2, 0.25) is 0 Å². The molecular weight excluding hydrogens is 367 g/mol. The first-order valence-corrected chi connectivity index (χ1v) is 10.4. The van der Waals surface area contributed by atoms with Crippen LogP contribution >= 0.6 is 0 Å². The molecule has 0 aliphatic carbocycles. The lowest BCUT2D eigenvalue weighted by Crippen LogP contribution is -3.15. The average molecular weight is 396 g/mol. The average Bonchev–Trinajstić information content (AvgIpc) is 3.23. The number of rotatable bonds is 7. The molecule has 0 saturated carbocycles. The normalized spacial score (nSPS) is 16.1. The summed E-state index contributed by atoms with van der Waals surface area (Å²) in [5.74, 6) is 0.811. The molecule has 1 fully saturated rings. The number of tetrazole rings is 1. The molecule has 4 rings (SSSR count). The van der Waals surface area contributed by atoms with Gasteiger partial charge in [0.1, 0.15) is 11.9 Å². The molecule has 6 nitrogen and oxygen atoms in total. The minimum atomic E-state index is -0.146. The highest BCUT2D eigenvalue weighted by molar-refractivity contribution is 5.47. The van der Waals surface area contributed by atoms with Crippen LogP contribution in [-0.2, 0) is 13.0 Å². The second kappa shape index (κ2) is 9.13. The van der Waals surface area contributed by atoms with Gasteiger partial charge in [0.05, 0.1) is 31.9 Å². The van der Waals surface area contributed by atoms with E-state index in [1.807, 2.05) is 22.9 Å². The van der Waals surface area contributed by atoms with Crippen LogP contribution in [0.1, 0.15) is 30.8 Å². The van der Waals surface area contributed by atoms with Crippen molar-refractivity contribution in [3.63, 3.8) is 0 Å². The highest BCUT2D eigenvalue weighted by Crippen LogP contribution is 2.19.